The predicted octanol–water partition coefficient (Wildman–Crippen LogP) is 6.20. The van der Waals surface area contributed by atoms with E-state index in [2.05, 4.69) is 32.1 Å². The minimum atomic E-state index is -0.669. The van der Waals surface area contributed by atoms with Gasteiger partial charge in [0.05, 0.1) is 30.8 Å². The highest BCUT2D eigenvalue weighted by Crippen LogP contribution is 2.41. The summed E-state index contributed by atoms with van der Waals surface area (Å²) in [5, 5.41) is 8.56. The van der Waals surface area contributed by atoms with Gasteiger partial charge in [-0.1, -0.05) is 41.6 Å². The van der Waals surface area contributed by atoms with E-state index in [1.54, 1.807) is 18.3 Å². The Labute approximate surface area is 191 Å². The van der Waals surface area contributed by atoms with E-state index in [-0.39, 0.29) is 0 Å². The van der Waals surface area contributed by atoms with Crippen LogP contribution in [0.25, 0.3) is 26.3 Å². The van der Waals surface area contributed by atoms with Crippen molar-refractivity contribution in [3.8, 4) is 10.6 Å². The minimum absolute atomic E-state index is 0.376. The van der Waals surface area contributed by atoms with Crippen molar-refractivity contribution in [2.75, 3.05) is 0 Å². The number of hydrogen-bond acceptors (Lipinski definition) is 4. The first-order valence-electron chi connectivity index (χ1n) is 10.0. The lowest BCUT2D eigenvalue weighted by atomic mass is 9.97. The molecular weight excluding hydrogens is 418 g/mol. The summed E-state index contributed by atoms with van der Waals surface area (Å²) in [6, 6.07) is 14.2. The van der Waals surface area contributed by atoms with Gasteiger partial charge in [0.2, 0.25) is 5.70 Å². The molecule has 0 unspecified atom stereocenters. The van der Waals surface area contributed by atoms with Crippen LogP contribution in [0.1, 0.15) is 31.2 Å². The molecule has 0 fully saturated rings. The zero-order valence-corrected chi connectivity index (χ0v) is 18.8. The van der Waals surface area contributed by atoms with Crippen molar-refractivity contribution in [1.29, 1.82) is 0 Å². The van der Waals surface area contributed by atoms with Gasteiger partial charge in [0.1, 0.15) is 17.1 Å². The predicted molar refractivity (Wildman–Crippen MR) is 126 cm³/mol. The normalized spacial score (nSPS) is 16.7. The molecule has 4 rings (SSSR count). The molecule has 0 radical (unpaired) electrons. The number of nitrogens with zero attached hydrogens (tertiary/aromatic N) is 5. The van der Waals surface area contributed by atoms with Gasteiger partial charge in [0.25, 0.3) is 0 Å². The number of benzene rings is 1. The second-order valence-electron chi connectivity index (χ2n) is 7.84. The Morgan fingerprint density at radius 2 is 1.94 bits per heavy atom. The summed E-state index contributed by atoms with van der Waals surface area (Å²) >= 11 is 1.61. The van der Waals surface area contributed by atoms with E-state index >= 15 is 0 Å². The molecule has 0 saturated heterocycles. The molecule has 7 heteroatoms. The number of ether oxygens (including phenoxy) is 1. The number of rotatable bonds is 5. The molecule has 2 aromatic heterocycles. The molecule has 1 aromatic carbocycles. The molecule has 0 saturated carbocycles. The quantitative estimate of drug-likeness (QED) is 0.445. The second-order valence-corrected chi connectivity index (χ2v) is 8.95. The zero-order valence-electron chi connectivity index (χ0n) is 18.0. The number of aromatic nitrogens is 3. The molecule has 1 aliphatic rings. The van der Waals surface area contributed by atoms with Gasteiger partial charge >= 0.3 is 0 Å². The third kappa shape index (κ3) is 4.25. The minimum Gasteiger partial charge on any atom is -0.507 e. The number of hydrogen-bond donors (Lipinski definition) is 0. The van der Waals surface area contributed by atoms with Gasteiger partial charge in [-0.3, -0.25) is 0 Å². The lowest BCUT2D eigenvalue weighted by molar-refractivity contribution is 0.0946. The molecule has 3 heterocycles. The fourth-order valence-corrected chi connectivity index (χ4v) is 4.32. The van der Waals surface area contributed by atoms with Crippen molar-refractivity contribution >= 4 is 17.4 Å². The molecule has 0 amide bonds. The molecule has 158 valence electrons. The van der Waals surface area contributed by atoms with E-state index in [1.165, 1.54) is 5.56 Å². The zero-order chi connectivity index (χ0) is 22.7. The van der Waals surface area contributed by atoms with Crippen LogP contribution < -0.4 is 0 Å². The summed E-state index contributed by atoms with van der Waals surface area (Å²) in [5.41, 5.74) is 2.90. The average Bonchev–Trinajstić information content (AvgIpc) is 3.50. The summed E-state index contributed by atoms with van der Waals surface area (Å²) in [4.78, 5) is 9.15. The Hall–Kier alpha value is -3.94. The summed E-state index contributed by atoms with van der Waals surface area (Å²) in [6.45, 7) is 21.0. The van der Waals surface area contributed by atoms with Crippen molar-refractivity contribution in [3.05, 3.63) is 111 Å². The standard InChI is InChI=1S/C25H21N5OS/c1-17(26-4)24-23(27-5)20(25(2,3)31-24)13-11-19-12-14-22(32-19)21-16-30(29-28-21)15-18-9-7-6-8-10-18/h6-14,16H,15H2,1-3H3/b13-11+,24-17?. The summed E-state index contributed by atoms with van der Waals surface area (Å²) in [6.07, 6.45) is 5.84. The van der Waals surface area contributed by atoms with Crippen LogP contribution in [0.4, 0.5) is 0 Å². The van der Waals surface area contributed by atoms with Gasteiger partial charge in [-0.25, -0.2) is 14.4 Å². The van der Waals surface area contributed by atoms with Crippen LogP contribution in [0.15, 0.2) is 77.5 Å². The average molecular weight is 440 g/mol. The first kappa shape index (κ1) is 21.3. The Morgan fingerprint density at radius 3 is 2.66 bits per heavy atom. The highest BCUT2D eigenvalue weighted by Gasteiger charge is 2.37. The third-order valence-electron chi connectivity index (χ3n) is 5.10. The van der Waals surface area contributed by atoms with Crippen LogP contribution in [0.5, 0.6) is 0 Å². The SMILES string of the molecule is [C-]#[N+]C(C)=C1OC(C)(C)C(/C=C/c2ccc(-c3cn(Cc4ccccc4)nn3)s2)=C1[N+]#[C-]. The lowest BCUT2D eigenvalue weighted by Crippen LogP contribution is -2.20. The van der Waals surface area contributed by atoms with Gasteiger partial charge in [0, 0.05) is 10.5 Å². The first-order valence-corrected chi connectivity index (χ1v) is 10.8. The Kier molecular flexibility index (Phi) is 5.77. The molecule has 32 heavy (non-hydrogen) atoms. The van der Waals surface area contributed by atoms with E-state index < -0.39 is 5.60 Å². The van der Waals surface area contributed by atoms with Crippen molar-refractivity contribution in [1.82, 2.24) is 15.0 Å². The summed E-state index contributed by atoms with van der Waals surface area (Å²) < 4.78 is 7.77. The van der Waals surface area contributed by atoms with Crippen LogP contribution in [-0.4, -0.2) is 20.6 Å². The maximum Gasteiger partial charge on any atom is 0.224 e. The van der Waals surface area contributed by atoms with Gasteiger partial charge in [0.15, 0.2) is 5.70 Å². The maximum absolute atomic E-state index is 7.59. The lowest BCUT2D eigenvalue weighted by Gasteiger charge is -2.22. The molecule has 0 spiro atoms. The maximum atomic E-state index is 7.59. The van der Waals surface area contributed by atoms with Crippen molar-refractivity contribution < 1.29 is 4.74 Å². The van der Waals surface area contributed by atoms with E-state index in [4.69, 9.17) is 17.9 Å². The molecular formula is C25H21N5OS. The van der Waals surface area contributed by atoms with E-state index in [0.29, 0.717) is 23.7 Å². The van der Waals surface area contributed by atoms with E-state index in [9.17, 15) is 0 Å². The highest BCUT2D eigenvalue weighted by molar-refractivity contribution is 7.16. The van der Waals surface area contributed by atoms with E-state index in [0.717, 1.165) is 21.0 Å². The largest absolute Gasteiger partial charge is 0.507 e. The smallest absolute Gasteiger partial charge is 0.224 e. The van der Waals surface area contributed by atoms with Crippen LogP contribution in [-0.2, 0) is 11.3 Å². The van der Waals surface area contributed by atoms with Crippen LogP contribution in [0.3, 0.4) is 0 Å². The molecule has 1 aliphatic heterocycles. The molecule has 0 N–H and O–H groups in total. The second kappa shape index (κ2) is 8.66. The van der Waals surface area contributed by atoms with E-state index in [1.807, 2.05) is 67.2 Å². The van der Waals surface area contributed by atoms with Crippen LogP contribution in [0, 0.1) is 13.1 Å². The monoisotopic (exact) mass is 439 g/mol. The van der Waals surface area contributed by atoms with Gasteiger partial charge < -0.3 is 4.74 Å². The topological polar surface area (TPSA) is 48.7 Å². The molecule has 3 aromatic rings. The van der Waals surface area contributed by atoms with Crippen molar-refractivity contribution in [2.24, 2.45) is 0 Å². The molecule has 0 atom stereocenters. The van der Waals surface area contributed by atoms with Gasteiger partial charge in [-0.2, -0.15) is 0 Å². The fraction of sp³-hybridized carbons (Fsp3) is 0.200. The van der Waals surface area contributed by atoms with Crippen LogP contribution in [0.2, 0.25) is 0 Å². The summed E-state index contributed by atoms with van der Waals surface area (Å²) in [5.74, 6) is 0.376. The fourth-order valence-electron chi connectivity index (χ4n) is 3.46. The number of allylic oxidation sites excluding steroid dienone is 1. The molecule has 0 aliphatic carbocycles. The third-order valence-corrected chi connectivity index (χ3v) is 6.18. The Bertz CT molecular complexity index is 1330. The van der Waals surface area contributed by atoms with Crippen LogP contribution >= 0.6 is 11.3 Å². The molecule has 0 bridgehead atoms. The van der Waals surface area contributed by atoms with Gasteiger partial charge in [-0.05, 0) is 44.5 Å². The first-order chi connectivity index (χ1) is 15.4. The van der Waals surface area contributed by atoms with Crippen molar-refractivity contribution in [2.45, 2.75) is 32.9 Å². The number of thiophene rings is 1. The van der Waals surface area contributed by atoms with Gasteiger partial charge in [-0.15, -0.1) is 16.4 Å². The Balaban J connectivity index is 1.56. The highest BCUT2D eigenvalue weighted by atomic mass is 32.1. The molecule has 6 nitrogen and oxygen atoms in total. The Morgan fingerprint density at radius 1 is 1.16 bits per heavy atom. The summed E-state index contributed by atoms with van der Waals surface area (Å²) in [7, 11) is 0. The van der Waals surface area contributed by atoms with Crippen molar-refractivity contribution in [3.63, 3.8) is 0 Å².